The van der Waals surface area contributed by atoms with Gasteiger partial charge in [-0.3, -0.25) is 0 Å². The molecule has 0 fully saturated rings. The summed E-state index contributed by atoms with van der Waals surface area (Å²) in [5.74, 6) is 0. The highest BCUT2D eigenvalue weighted by atomic mass is 35.5. The highest BCUT2D eigenvalue weighted by Crippen LogP contribution is 2.28. The van der Waals surface area contributed by atoms with Gasteiger partial charge in [-0.15, -0.1) is 0 Å². The maximum Gasteiger partial charge on any atom is 0.242 e. The van der Waals surface area contributed by atoms with E-state index in [4.69, 9.17) is 23.2 Å². The summed E-state index contributed by atoms with van der Waals surface area (Å²) in [5.41, 5.74) is 1.95. The second kappa shape index (κ2) is 7.11. The van der Waals surface area contributed by atoms with E-state index in [2.05, 4.69) is 9.71 Å². The van der Waals surface area contributed by atoms with E-state index in [1.165, 1.54) is 6.07 Å². The van der Waals surface area contributed by atoms with Crippen molar-refractivity contribution >= 4 is 44.3 Å². The summed E-state index contributed by atoms with van der Waals surface area (Å²) in [7, 11) is -3.69. The molecule has 126 valence electrons. The zero-order chi connectivity index (χ0) is 17.2. The third-order valence-corrected chi connectivity index (χ3v) is 6.04. The number of imidazole rings is 1. The van der Waals surface area contributed by atoms with E-state index < -0.39 is 10.0 Å². The number of sulfonamides is 1. The van der Waals surface area contributed by atoms with E-state index >= 15 is 0 Å². The molecule has 0 radical (unpaired) electrons. The van der Waals surface area contributed by atoms with Gasteiger partial charge >= 0.3 is 0 Å². The van der Waals surface area contributed by atoms with Crippen LogP contribution in [0.3, 0.4) is 0 Å². The molecule has 0 saturated heterocycles. The van der Waals surface area contributed by atoms with Crippen LogP contribution in [0, 0.1) is 0 Å². The van der Waals surface area contributed by atoms with Crippen molar-refractivity contribution in [2.24, 2.45) is 0 Å². The van der Waals surface area contributed by atoms with Crippen LogP contribution in [0.5, 0.6) is 0 Å². The Labute approximate surface area is 150 Å². The summed E-state index contributed by atoms with van der Waals surface area (Å²) < 4.78 is 29.2. The smallest absolute Gasteiger partial charge is 0.242 e. The molecule has 1 aromatic heterocycles. The molecular formula is C16H15Cl2N3O2S. The molecule has 1 N–H and O–H groups in total. The van der Waals surface area contributed by atoms with Gasteiger partial charge in [-0.2, -0.15) is 0 Å². The van der Waals surface area contributed by atoms with Gasteiger partial charge in [0.05, 0.1) is 27.4 Å². The minimum Gasteiger partial charge on any atom is -0.331 e. The first-order chi connectivity index (χ1) is 11.5. The van der Waals surface area contributed by atoms with Crippen LogP contribution in [-0.4, -0.2) is 24.5 Å². The molecule has 5 nitrogen and oxygen atoms in total. The van der Waals surface area contributed by atoms with E-state index in [1.807, 2.05) is 28.8 Å². The largest absolute Gasteiger partial charge is 0.331 e. The average Bonchev–Trinajstić information content (AvgIpc) is 2.97. The first-order valence-corrected chi connectivity index (χ1v) is 9.56. The Morgan fingerprint density at radius 2 is 1.88 bits per heavy atom. The van der Waals surface area contributed by atoms with Crippen molar-refractivity contribution < 1.29 is 8.42 Å². The van der Waals surface area contributed by atoms with Crippen molar-refractivity contribution in [1.29, 1.82) is 0 Å². The topological polar surface area (TPSA) is 64.0 Å². The minimum absolute atomic E-state index is 0.00949. The predicted octanol–water partition coefficient (Wildman–Crippen LogP) is 3.71. The average molecular weight is 384 g/mol. The summed E-state index contributed by atoms with van der Waals surface area (Å²) in [6.07, 6.45) is 2.38. The van der Waals surface area contributed by atoms with Gasteiger partial charge in [0, 0.05) is 13.1 Å². The van der Waals surface area contributed by atoms with Gasteiger partial charge in [0.15, 0.2) is 0 Å². The lowest BCUT2D eigenvalue weighted by Crippen LogP contribution is -2.25. The Bertz CT molecular complexity index is 970. The van der Waals surface area contributed by atoms with Crippen LogP contribution in [0.4, 0.5) is 0 Å². The fraction of sp³-hybridized carbons (Fsp3) is 0.188. The van der Waals surface area contributed by atoms with Gasteiger partial charge in [0.1, 0.15) is 4.90 Å². The fourth-order valence-electron chi connectivity index (χ4n) is 2.41. The molecule has 3 rings (SSSR count). The summed E-state index contributed by atoms with van der Waals surface area (Å²) in [4.78, 5) is 4.30. The molecule has 0 atom stereocenters. The lowest BCUT2D eigenvalue weighted by atomic mass is 10.3. The SMILES string of the molecule is O=S(=O)(NCCCn1cnc2ccccc21)c1cccc(Cl)c1Cl. The van der Waals surface area contributed by atoms with Crippen molar-refractivity contribution in [2.45, 2.75) is 17.9 Å². The van der Waals surface area contributed by atoms with Gasteiger partial charge < -0.3 is 4.57 Å². The summed E-state index contributed by atoms with van der Waals surface area (Å²) in [6, 6.07) is 12.3. The number of aromatic nitrogens is 2. The predicted molar refractivity (Wildman–Crippen MR) is 96.0 cm³/mol. The molecule has 0 saturated carbocycles. The van der Waals surface area contributed by atoms with Gasteiger partial charge in [0.2, 0.25) is 10.0 Å². The number of nitrogens with zero attached hydrogens (tertiary/aromatic N) is 2. The molecule has 24 heavy (non-hydrogen) atoms. The number of aryl methyl sites for hydroxylation is 1. The maximum absolute atomic E-state index is 12.3. The molecule has 0 amide bonds. The van der Waals surface area contributed by atoms with Crippen molar-refractivity contribution in [3.05, 3.63) is 58.8 Å². The standard InChI is InChI=1S/C16H15Cl2N3O2S/c17-12-5-3-8-15(16(12)18)24(22,23)20-9-4-10-21-11-19-13-6-1-2-7-14(13)21/h1-3,5-8,11,20H,4,9-10H2. The Morgan fingerprint density at radius 3 is 2.71 bits per heavy atom. The Balaban J connectivity index is 1.63. The third-order valence-electron chi connectivity index (χ3n) is 3.60. The number of nitrogens with one attached hydrogen (secondary N) is 1. The van der Waals surface area contributed by atoms with Gasteiger partial charge in [-0.05, 0) is 30.7 Å². The molecule has 0 bridgehead atoms. The highest BCUT2D eigenvalue weighted by molar-refractivity contribution is 7.89. The third kappa shape index (κ3) is 3.57. The van der Waals surface area contributed by atoms with Gasteiger partial charge in [0.25, 0.3) is 0 Å². The van der Waals surface area contributed by atoms with Crippen LogP contribution in [0.2, 0.25) is 10.0 Å². The summed E-state index contributed by atoms with van der Waals surface area (Å²) in [6.45, 7) is 0.948. The number of para-hydroxylation sites is 2. The monoisotopic (exact) mass is 383 g/mol. The van der Waals surface area contributed by atoms with Crippen molar-refractivity contribution in [2.75, 3.05) is 6.54 Å². The van der Waals surface area contributed by atoms with Gasteiger partial charge in [-0.1, -0.05) is 41.4 Å². The second-order valence-corrected chi connectivity index (χ2v) is 7.75. The molecule has 2 aromatic carbocycles. The zero-order valence-corrected chi connectivity index (χ0v) is 14.9. The molecule has 3 aromatic rings. The second-order valence-electron chi connectivity index (χ2n) is 5.23. The fourth-order valence-corrected chi connectivity index (χ4v) is 4.25. The van der Waals surface area contributed by atoms with Crippen LogP contribution < -0.4 is 4.72 Å². The number of benzene rings is 2. The first kappa shape index (κ1) is 17.2. The number of rotatable bonds is 6. The van der Waals surface area contributed by atoms with Gasteiger partial charge in [-0.25, -0.2) is 18.1 Å². The normalized spacial score (nSPS) is 11.9. The molecular weight excluding hydrogens is 369 g/mol. The van der Waals surface area contributed by atoms with Crippen LogP contribution in [-0.2, 0) is 16.6 Å². The zero-order valence-electron chi connectivity index (χ0n) is 12.6. The number of halogens is 2. The lowest BCUT2D eigenvalue weighted by molar-refractivity contribution is 0.571. The molecule has 1 heterocycles. The highest BCUT2D eigenvalue weighted by Gasteiger charge is 2.18. The first-order valence-electron chi connectivity index (χ1n) is 7.32. The Morgan fingerprint density at radius 1 is 1.08 bits per heavy atom. The van der Waals surface area contributed by atoms with Crippen molar-refractivity contribution in [3.8, 4) is 0 Å². The van der Waals surface area contributed by atoms with E-state index in [0.29, 0.717) is 13.0 Å². The molecule has 0 aliphatic rings. The number of hydrogen-bond donors (Lipinski definition) is 1. The summed E-state index contributed by atoms with van der Waals surface area (Å²) >= 11 is 11.8. The molecule has 0 aliphatic carbocycles. The maximum atomic E-state index is 12.3. The van der Waals surface area contributed by atoms with Crippen LogP contribution in [0.1, 0.15) is 6.42 Å². The number of fused-ring (bicyclic) bond motifs is 1. The molecule has 0 unspecified atom stereocenters. The Kier molecular flexibility index (Phi) is 5.10. The van der Waals surface area contributed by atoms with E-state index in [1.54, 1.807) is 18.5 Å². The Hall–Kier alpha value is -1.60. The van der Waals surface area contributed by atoms with Crippen molar-refractivity contribution in [1.82, 2.24) is 14.3 Å². The lowest BCUT2D eigenvalue weighted by Gasteiger charge is -2.09. The molecule has 0 aliphatic heterocycles. The van der Waals surface area contributed by atoms with Crippen LogP contribution in [0.15, 0.2) is 53.7 Å². The minimum atomic E-state index is -3.69. The van der Waals surface area contributed by atoms with E-state index in [0.717, 1.165) is 11.0 Å². The molecule has 8 heteroatoms. The quantitative estimate of drug-likeness (QED) is 0.659. The van der Waals surface area contributed by atoms with Crippen molar-refractivity contribution in [3.63, 3.8) is 0 Å². The van der Waals surface area contributed by atoms with Crippen LogP contribution >= 0.6 is 23.2 Å². The number of hydrogen-bond acceptors (Lipinski definition) is 3. The van der Waals surface area contributed by atoms with Crippen LogP contribution in [0.25, 0.3) is 11.0 Å². The van der Waals surface area contributed by atoms with E-state index in [-0.39, 0.29) is 21.5 Å². The summed E-state index contributed by atoms with van der Waals surface area (Å²) in [5, 5.41) is 0.247. The molecule has 0 spiro atoms. The van der Waals surface area contributed by atoms with E-state index in [9.17, 15) is 8.42 Å².